The molecule has 0 N–H and O–H groups in total. The van der Waals surface area contributed by atoms with Gasteiger partial charge in [-0.2, -0.15) is 25.3 Å². The van der Waals surface area contributed by atoms with E-state index in [9.17, 15) is 0 Å². The Kier molecular flexibility index (Phi) is 6.53. The fourth-order valence-corrected chi connectivity index (χ4v) is 4.13. The van der Waals surface area contributed by atoms with Crippen molar-refractivity contribution in [1.29, 1.82) is 0 Å². The van der Waals surface area contributed by atoms with Crippen LogP contribution >= 0.6 is 25.3 Å². The molecule has 0 aliphatic carbocycles. The van der Waals surface area contributed by atoms with E-state index in [1.807, 2.05) is 0 Å². The summed E-state index contributed by atoms with van der Waals surface area (Å²) in [5, 5.41) is 0. The van der Waals surface area contributed by atoms with Crippen LogP contribution in [0.2, 0.25) is 0 Å². The number of rotatable bonds is 6. The summed E-state index contributed by atoms with van der Waals surface area (Å²) in [5.74, 6) is 0. The Morgan fingerprint density at radius 2 is 1.50 bits per heavy atom. The molecule has 2 aliphatic rings. The summed E-state index contributed by atoms with van der Waals surface area (Å²) in [5.41, 5.74) is 0. The molecule has 2 fully saturated rings. The Labute approximate surface area is 147 Å². The molecule has 1 atom stereocenters. The van der Waals surface area contributed by atoms with Gasteiger partial charge in [0.25, 0.3) is 0 Å². The van der Waals surface area contributed by atoms with Crippen LogP contribution in [0.1, 0.15) is 27.7 Å². The molecule has 0 bridgehead atoms. The van der Waals surface area contributed by atoms with Gasteiger partial charge in [0.15, 0.2) is 0 Å². The molecule has 1 unspecified atom stereocenters. The molecule has 2 heterocycles. The molecule has 2 saturated heterocycles. The third-order valence-corrected chi connectivity index (χ3v) is 4.77. The maximum absolute atomic E-state index is 5.43. The van der Waals surface area contributed by atoms with E-state index in [2.05, 4.69) is 42.4 Å². The van der Waals surface area contributed by atoms with E-state index >= 15 is 0 Å². The highest BCUT2D eigenvalue weighted by Gasteiger charge is 2.41. The number of morpholine rings is 1. The first kappa shape index (κ1) is 18.9. The largest absolute Gasteiger partial charge is 0.379 e. The van der Waals surface area contributed by atoms with Crippen molar-refractivity contribution in [3.63, 3.8) is 0 Å². The first-order valence-corrected chi connectivity index (χ1v) is 9.29. The zero-order valence-corrected chi connectivity index (χ0v) is 16.4. The van der Waals surface area contributed by atoms with Gasteiger partial charge in [0, 0.05) is 55.3 Å². The van der Waals surface area contributed by atoms with E-state index < -0.39 is 0 Å². The van der Waals surface area contributed by atoms with Gasteiger partial charge in [-0.25, -0.2) is 0 Å². The smallest absolute Gasteiger partial charge is 0.0767 e. The monoisotopic (exact) mass is 347 g/mol. The number of hydrogen-bond donors (Lipinski definition) is 2. The summed E-state index contributed by atoms with van der Waals surface area (Å²) in [6, 6.07) is 0. The second-order valence-corrected chi connectivity index (χ2v) is 10.2. The average molecular weight is 348 g/mol. The zero-order chi connectivity index (χ0) is 16.4. The topological polar surface area (TPSA) is 19.0 Å². The van der Waals surface area contributed by atoms with Crippen LogP contribution in [-0.4, -0.2) is 89.4 Å². The van der Waals surface area contributed by atoms with Crippen LogP contribution in [0.3, 0.4) is 0 Å². The van der Waals surface area contributed by atoms with Gasteiger partial charge in [-0.15, -0.1) is 0 Å². The summed E-state index contributed by atoms with van der Waals surface area (Å²) in [6.07, 6.45) is 0.378. The van der Waals surface area contributed by atoms with E-state index in [0.29, 0.717) is 6.17 Å². The second-order valence-electron chi connectivity index (χ2n) is 7.80. The number of nitrogens with zero attached hydrogens (tertiary/aromatic N) is 3. The van der Waals surface area contributed by atoms with Crippen LogP contribution < -0.4 is 0 Å². The highest BCUT2D eigenvalue weighted by molar-refractivity contribution is 7.82. The fraction of sp³-hybridized carbons (Fsp3) is 1.00. The minimum absolute atomic E-state index is 0.0253. The van der Waals surface area contributed by atoms with Crippen LogP contribution in [0.5, 0.6) is 0 Å². The van der Waals surface area contributed by atoms with Gasteiger partial charge < -0.3 is 4.74 Å². The van der Waals surface area contributed by atoms with Gasteiger partial charge in [0.2, 0.25) is 0 Å². The fourth-order valence-electron chi connectivity index (χ4n) is 3.62. The molecule has 0 spiro atoms. The molecule has 2 aliphatic heterocycles. The van der Waals surface area contributed by atoms with Crippen molar-refractivity contribution in [2.75, 3.05) is 59.0 Å². The predicted molar refractivity (Wildman–Crippen MR) is 100 cm³/mol. The van der Waals surface area contributed by atoms with Crippen molar-refractivity contribution >= 4 is 25.3 Å². The Bertz CT molecular complexity index is 348. The third-order valence-electron chi connectivity index (χ3n) is 4.40. The maximum atomic E-state index is 5.43. The van der Waals surface area contributed by atoms with Crippen molar-refractivity contribution in [2.45, 2.75) is 43.4 Å². The lowest BCUT2D eigenvalue weighted by molar-refractivity contribution is 0.0272. The molecular formula is C16H33N3OS2. The highest BCUT2D eigenvalue weighted by atomic mass is 32.1. The Balaban J connectivity index is 1.94. The number of thiol groups is 2. The Hall–Kier alpha value is 0.540. The van der Waals surface area contributed by atoms with E-state index in [-0.39, 0.29) is 9.49 Å². The van der Waals surface area contributed by atoms with Gasteiger partial charge in [-0.1, -0.05) is 0 Å². The lowest BCUT2D eigenvalue weighted by Gasteiger charge is -2.41. The quantitative estimate of drug-likeness (QED) is 0.712. The summed E-state index contributed by atoms with van der Waals surface area (Å²) in [4.78, 5) is 7.67. The van der Waals surface area contributed by atoms with Crippen molar-refractivity contribution in [3.8, 4) is 0 Å². The van der Waals surface area contributed by atoms with Gasteiger partial charge in [-0.3, -0.25) is 14.7 Å². The van der Waals surface area contributed by atoms with E-state index in [0.717, 1.165) is 59.0 Å². The molecule has 0 amide bonds. The molecule has 2 rings (SSSR count). The lowest BCUT2D eigenvalue weighted by atomic mass is 10.1. The van der Waals surface area contributed by atoms with Gasteiger partial charge >= 0.3 is 0 Å². The summed E-state index contributed by atoms with van der Waals surface area (Å²) in [6.45, 7) is 18.2. The van der Waals surface area contributed by atoms with Gasteiger partial charge in [-0.05, 0) is 27.7 Å². The average Bonchev–Trinajstić information content (AvgIpc) is 2.78. The normalized spacial score (nSPS) is 26.7. The standard InChI is InChI=1S/C16H33N3OS2/c1-15(2,21)13-19-8-7-18(14(19)16(3,4)22)6-5-17-9-11-20-12-10-17/h14,21-22H,5-13H2,1-4H3. The van der Waals surface area contributed by atoms with Crippen LogP contribution in [-0.2, 0) is 4.74 Å². The minimum Gasteiger partial charge on any atom is -0.379 e. The summed E-state index contributed by atoms with van der Waals surface area (Å²) < 4.78 is 5.42. The predicted octanol–water partition coefficient (Wildman–Crippen LogP) is 1.68. The van der Waals surface area contributed by atoms with Crippen molar-refractivity contribution in [1.82, 2.24) is 14.7 Å². The molecular weight excluding hydrogens is 314 g/mol. The van der Waals surface area contributed by atoms with Crippen molar-refractivity contribution < 1.29 is 4.74 Å². The first-order chi connectivity index (χ1) is 10.2. The van der Waals surface area contributed by atoms with Crippen LogP contribution in [0, 0.1) is 0 Å². The molecule has 0 aromatic carbocycles. The summed E-state index contributed by atoms with van der Waals surface area (Å²) in [7, 11) is 0. The number of ether oxygens (including phenoxy) is 1. The zero-order valence-electron chi connectivity index (χ0n) is 14.6. The molecule has 6 heteroatoms. The van der Waals surface area contributed by atoms with E-state index in [1.54, 1.807) is 0 Å². The third kappa shape index (κ3) is 5.56. The maximum Gasteiger partial charge on any atom is 0.0767 e. The van der Waals surface area contributed by atoms with Crippen LogP contribution in [0.15, 0.2) is 0 Å². The molecule has 0 radical (unpaired) electrons. The molecule has 0 saturated carbocycles. The number of hydrogen-bond acceptors (Lipinski definition) is 6. The lowest BCUT2D eigenvalue weighted by Crippen LogP contribution is -2.54. The summed E-state index contributed by atoms with van der Waals surface area (Å²) >= 11 is 9.62. The van der Waals surface area contributed by atoms with Gasteiger partial charge in [0.05, 0.1) is 19.4 Å². The van der Waals surface area contributed by atoms with Crippen molar-refractivity contribution in [3.05, 3.63) is 0 Å². The Morgan fingerprint density at radius 1 is 0.909 bits per heavy atom. The minimum atomic E-state index is -0.0411. The SMILES string of the molecule is CC(C)(S)CN1CCN(CCN2CCOCC2)C1C(C)(C)S. The molecule has 0 aromatic rings. The second kappa shape index (κ2) is 7.62. The van der Waals surface area contributed by atoms with E-state index in [1.165, 1.54) is 0 Å². The Morgan fingerprint density at radius 3 is 2.05 bits per heavy atom. The van der Waals surface area contributed by atoms with Gasteiger partial charge in [0.1, 0.15) is 0 Å². The highest BCUT2D eigenvalue weighted by Crippen LogP contribution is 2.31. The van der Waals surface area contributed by atoms with Crippen molar-refractivity contribution in [2.24, 2.45) is 0 Å². The molecule has 22 heavy (non-hydrogen) atoms. The molecule has 4 nitrogen and oxygen atoms in total. The van der Waals surface area contributed by atoms with E-state index in [4.69, 9.17) is 30.0 Å². The molecule has 0 aromatic heterocycles. The van der Waals surface area contributed by atoms with Crippen LogP contribution in [0.4, 0.5) is 0 Å². The van der Waals surface area contributed by atoms with Crippen LogP contribution in [0.25, 0.3) is 0 Å². The first-order valence-electron chi connectivity index (χ1n) is 8.40. The molecule has 130 valence electrons.